The predicted molar refractivity (Wildman–Crippen MR) is 61.9 cm³/mol. The fraction of sp³-hybridized carbons (Fsp3) is 0.500. The quantitative estimate of drug-likeness (QED) is 0.707. The summed E-state index contributed by atoms with van der Waals surface area (Å²) < 4.78 is 0. The fourth-order valence-corrected chi connectivity index (χ4v) is 1.54. The SMILES string of the molecule is CC.Cc1ccc(N2CCCC2=O)cn1. The number of carbonyl (C=O) groups excluding carboxylic acids is 1. The van der Waals surface area contributed by atoms with Crippen LogP contribution in [0, 0.1) is 6.92 Å². The molecule has 82 valence electrons. The highest BCUT2D eigenvalue weighted by molar-refractivity contribution is 5.95. The van der Waals surface area contributed by atoms with E-state index in [1.54, 1.807) is 11.1 Å². The van der Waals surface area contributed by atoms with Gasteiger partial charge in [-0.25, -0.2) is 0 Å². The van der Waals surface area contributed by atoms with E-state index in [2.05, 4.69) is 4.98 Å². The Kier molecular flexibility index (Phi) is 4.28. The molecule has 15 heavy (non-hydrogen) atoms. The van der Waals surface area contributed by atoms with Gasteiger partial charge in [0.1, 0.15) is 0 Å². The topological polar surface area (TPSA) is 33.2 Å². The van der Waals surface area contributed by atoms with Crippen molar-refractivity contribution < 1.29 is 4.79 Å². The van der Waals surface area contributed by atoms with Gasteiger partial charge in [-0.15, -0.1) is 0 Å². The number of anilines is 1. The Labute approximate surface area is 91.1 Å². The number of hydrogen-bond acceptors (Lipinski definition) is 2. The van der Waals surface area contributed by atoms with Crippen molar-refractivity contribution in [3.8, 4) is 0 Å². The maximum absolute atomic E-state index is 11.4. The second-order valence-electron chi connectivity index (χ2n) is 3.31. The molecule has 0 spiro atoms. The van der Waals surface area contributed by atoms with Gasteiger partial charge in [0.25, 0.3) is 0 Å². The Morgan fingerprint density at radius 3 is 2.53 bits per heavy atom. The van der Waals surface area contributed by atoms with Gasteiger partial charge >= 0.3 is 0 Å². The van der Waals surface area contributed by atoms with E-state index in [1.165, 1.54) is 0 Å². The third kappa shape index (κ3) is 2.78. The van der Waals surface area contributed by atoms with Crippen LogP contribution in [0.5, 0.6) is 0 Å². The van der Waals surface area contributed by atoms with Crippen LogP contribution in [0.4, 0.5) is 5.69 Å². The van der Waals surface area contributed by atoms with Gasteiger partial charge in [0.15, 0.2) is 0 Å². The Morgan fingerprint density at radius 2 is 2.07 bits per heavy atom. The number of aryl methyl sites for hydroxylation is 1. The lowest BCUT2D eigenvalue weighted by Crippen LogP contribution is -2.23. The Hall–Kier alpha value is -1.38. The van der Waals surface area contributed by atoms with Crippen molar-refractivity contribution in [3.63, 3.8) is 0 Å². The average Bonchev–Trinajstić information content (AvgIpc) is 2.69. The van der Waals surface area contributed by atoms with Gasteiger partial charge < -0.3 is 4.90 Å². The number of carbonyl (C=O) groups is 1. The lowest BCUT2D eigenvalue weighted by atomic mass is 10.3. The van der Waals surface area contributed by atoms with Crippen molar-refractivity contribution in [1.29, 1.82) is 0 Å². The molecule has 1 aromatic heterocycles. The molecule has 0 saturated carbocycles. The van der Waals surface area contributed by atoms with E-state index >= 15 is 0 Å². The van der Waals surface area contributed by atoms with Crippen molar-refractivity contribution in [2.45, 2.75) is 33.6 Å². The average molecular weight is 206 g/mol. The van der Waals surface area contributed by atoms with Gasteiger partial charge in [-0.1, -0.05) is 13.8 Å². The molecule has 0 unspecified atom stereocenters. The minimum Gasteiger partial charge on any atom is -0.311 e. The Bertz CT molecular complexity index is 319. The Balaban J connectivity index is 0.000000531. The van der Waals surface area contributed by atoms with Crippen LogP contribution < -0.4 is 4.90 Å². The molecule has 0 N–H and O–H groups in total. The fourth-order valence-electron chi connectivity index (χ4n) is 1.54. The summed E-state index contributed by atoms with van der Waals surface area (Å²) in [6.45, 7) is 6.78. The lowest BCUT2D eigenvalue weighted by molar-refractivity contribution is -0.117. The third-order valence-corrected chi connectivity index (χ3v) is 2.28. The zero-order valence-corrected chi connectivity index (χ0v) is 9.66. The molecule has 2 rings (SSSR count). The van der Waals surface area contributed by atoms with Crippen LogP contribution in [-0.4, -0.2) is 17.4 Å². The third-order valence-electron chi connectivity index (χ3n) is 2.28. The van der Waals surface area contributed by atoms with Gasteiger partial charge in [0, 0.05) is 18.7 Å². The van der Waals surface area contributed by atoms with Crippen LogP contribution in [0.25, 0.3) is 0 Å². The van der Waals surface area contributed by atoms with Crippen LogP contribution in [0.1, 0.15) is 32.4 Å². The van der Waals surface area contributed by atoms with Crippen molar-refractivity contribution in [3.05, 3.63) is 24.0 Å². The normalized spacial score (nSPS) is 14.9. The van der Waals surface area contributed by atoms with Crippen LogP contribution in [0.3, 0.4) is 0 Å². The molecule has 2 heterocycles. The van der Waals surface area contributed by atoms with E-state index in [-0.39, 0.29) is 5.91 Å². The van der Waals surface area contributed by atoms with Gasteiger partial charge in [-0.2, -0.15) is 0 Å². The highest BCUT2D eigenvalue weighted by Crippen LogP contribution is 2.19. The highest BCUT2D eigenvalue weighted by Gasteiger charge is 2.21. The summed E-state index contributed by atoms with van der Waals surface area (Å²) >= 11 is 0. The smallest absolute Gasteiger partial charge is 0.227 e. The molecule has 1 aliphatic heterocycles. The number of amides is 1. The number of aromatic nitrogens is 1. The van der Waals surface area contributed by atoms with E-state index in [0.29, 0.717) is 6.42 Å². The molecule has 1 amide bonds. The second-order valence-corrected chi connectivity index (χ2v) is 3.31. The summed E-state index contributed by atoms with van der Waals surface area (Å²) in [4.78, 5) is 17.3. The molecule has 1 saturated heterocycles. The van der Waals surface area contributed by atoms with Crippen molar-refractivity contribution >= 4 is 11.6 Å². The summed E-state index contributed by atoms with van der Waals surface area (Å²) in [5.74, 6) is 0.214. The molecule has 0 aliphatic carbocycles. The maximum Gasteiger partial charge on any atom is 0.227 e. The van der Waals surface area contributed by atoms with E-state index in [1.807, 2.05) is 32.9 Å². The first-order chi connectivity index (χ1) is 7.27. The van der Waals surface area contributed by atoms with Crippen LogP contribution >= 0.6 is 0 Å². The molecular weight excluding hydrogens is 188 g/mol. The summed E-state index contributed by atoms with van der Waals surface area (Å²) in [5.41, 5.74) is 1.91. The van der Waals surface area contributed by atoms with Gasteiger partial charge in [-0.3, -0.25) is 9.78 Å². The number of hydrogen-bond donors (Lipinski definition) is 0. The first-order valence-corrected chi connectivity index (χ1v) is 5.50. The van der Waals surface area contributed by atoms with E-state index in [4.69, 9.17) is 0 Å². The van der Waals surface area contributed by atoms with E-state index < -0.39 is 0 Å². The molecule has 1 aliphatic rings. The van der Waals surface area contributed by atoms with Gasteiger partial charge in [-0.05, 0) is 25.5 Å². The first kappa shape index (κ1) is 11.7. The number of pyridine rings is 1. The molecule has 3 heteroatoms. The van der Waals surface area contributed by atoms with Gasteiger partial charge in [0.05, 0.1) is 11.9 Å². The second kappa shape index (κ2) is 5.49. The lowest BCUT2D eigenvalue weighted by Gasteiger charge is -2.14. The molecule has 3 nitrogen and oxygen atoms in total. The van der Waals surface area contributed by atoms with Gasteiger partial charge in [0.2, 0.25) is 5.91 Å². The Morgan fingerprint density at radius 1 is 1.33 bits per heavy atom. The predicted octanol–water partition coefficient (Wildman–Crippen LogP) is 2.54. The summed E-state index contributed by atoms with van der Waals surface area (Å²) in [7, 11) is 0. The number of nitrogens with zero attached hydrogens (tertiary/aromatic N) is 2. The minimum absolute atomic E-state index is 0.214. The monoisotopic (exact) mass is 206 g/mol. The minimum atomic E-state index is 0.214. The van der Waals surface area contributed by atoms with Crippen LogP contribution in [0.2, 0.25) is 0 Å². The molecule has 0 radical (unpaired) electrons. The molecule has 0 atom stereocenters. The maximum atomic E-state index is 11.4. The van der Waals surface area contributed by atoms with Crippen molar-refractivity contribution in [2.24, 2.45) is 0 Å². The molecule has 1 fully saturated rings. The molecule has 0 bridgehead atoms. The standard InChI is InChI=1S/C10H12N2O.C2H6/c1-8-4-5-9(7-11-8)12-6-2-3-10(12)13;1-2/h4-5,7H,2-3,6H2,1H3;1-2H3. The molecule has 0 aromatic carbocycles. The largest absolute Gasteiger partial charge is 0.311 e. The van der Waals surface area contributed by atoms with E-state index in [0.717, 1.165) is 24.3 Å². The summed E-state index contributed by atoms with van der Waals surface area (Å²) in [5, 5.41) is 0. The van der Waals surface area contributed by atoms with Crippen molar-refractivity contribution in [1.82, 2.24) is 4.98 Å². The molecular formula is C12H18N2O. The van der Waals surface area contributed by atoms with Crippen LogP contribution in [0.15, 0.2) is 18.3 Å². The van der Waals surface area contributed by atoms with E-state index in [9.17, 15) is 4.79 Å². The highest BCUT2D eigenvalue weighted by atomic mass is 16.2. The van der Waals surface area contributed by atoms with Crippen molar-refractivity contribution in [2.75, 3.05) is 11.4 Å². The zero-order chi connectivity index (χ0) is 11.3. The summed E-state index contributed by atoms with van der Waals surface area (Å²) in [6.07, 6.45) is 3.40. The van der Waals surface area contributed by atoms with Crippen LogP contribution in [-0.2, 0) is 4.79 Å². The molecule has 1 aromatic rings. The summed E-state index contributed by atoms with van der Waals surface area (Å²) in [6, 6.07) is 3.88. The number of rotatable bonds is 1. The zero-order valence-electron chi connectivity index (χ0n) is 9.66. The first-order valence-electron chi connectivity index (χ1n) is 5.50.